The highest BCUT2D eigenvalue weighted by Gasteiger charge is 2.28. The summed E-state index contributed by atoms with van der Waals surface area (Å²) in [5.41, 5.74) is 0. The number of nitrogens with zero attached hydrogens (tertiary/aromatic N) is 1. The second kappa shape index (κ2) is 7.36. The molecule has 1 fully saturated rings. The Balaban J connectivity index is 2.39. The summed E-state index contributed by atoms with van der Waals surface area (Å²) in [5, 5.41) is 11.7. The van der Waals surface area contributed by atoms with Gasteiger partial charge in [0.05, 0.1) is 0 Å². The van der Waals surface area contributed by atoms with Crippen molar-refractivity contribution in [2.45, 2.75) is 52.5 Å². The molecule has 0 spiro atoms. The van der Waals surface area contributed by atoms with E-state index in [-0.39, 0.29) is 24.4 Å². The van der Waals surface area contributed by atoms with Gasteiger partial charge in [0.2, 0.25) is 0 Å². The normalized spacial score (nSPS) is 16.2. The van der Waals surface area contributed by atoms with E-state index in [1.165, 1.54) is 12.8 Å². The van der Waals surface area contributed by atoms with Crippen LogP contribution in [-0.2, 0) is 4.79 Å². The Morgan fingerprint density at radius 1 is 1.37 bits per heavy atom. The molecule has 0 bridgehead atoms. The zero-order chi connectivity index (χ0) is 14.4. The van der Waals surface area contributed by atoms with Crippen molar-refractivity contribution in [3.05, 3.63) is 0 Å². The Bertz CT molecular complexity index is 314. The maximum absolute atomic E-state index is 12.1. The van der Waals surface area contributed by atoms with Crippen molar-refractivity contribution in [2.24, 2.45) is 11.8 Å². The molecule has 0 saturated heterocycles. The van der Waals surface area contributed by atoms with Crippen LogP contribution in [0.15, 0.2) is 0 Å². The van der Waals surface area contributed by atoms with Gasteiger partial charge in [-0.3, -0.25) is 4.79 Å². The Kier molecular flexibility index (Phi) is 6.12. The van der Waals surface area contributed by atoms with E-state index in [0.717, 1.165) is 13.0 Å². The van der Waals surface area contributed by atoms with E-state index < -0.39 is 5.97 Å². The van der Waals surface area contributed by atoms with E-state index >= 15 is 0 Å². The fraction of sp³-hybridized carbons (Fsp3) is 0.857. The van der Waals surface area contributed by atoms with Gasteiger partial charge in [0.1, 0.15) is 0 Å². The third kappa shape index (κ3) is 5.94. The molecule has 2 N–H and O–H groups in total. The summed E-state index contributed by atoms with van der Waals surface area (Å²) in [7, 11) is 0. The number of hydrogen-bond acceptors (Lipinski definition) is 2. The molecule has 2 amide bonds. The molecule has 19 heavy (non-hydrogen) atoms. The molecular weight excluding hydrogens is 244 g/mol. The van der Waals surface area contributed by atoms with Crippen molar-refractivity contribution in [1.82, 2.24) is 10.2 Å². The highest BCUT2D eigenvalue weighted by Crippen LogP contribution is 2.30. The summed E-state index contributed by atoms with van der Waals surface area (Å²) in [6.07, 6.45) is 3.30. The first-order chi connectivity index (χ1) is 8.93. The minimum Gasteiger partial charge on any atom is -0.481 e. The van der Waals surface area contributed by atoms with Gasteiger partial charge >= 0.3 is 12.0 Å². The average molecular weight is 270 g/mol. The summed E-state index contributed by atoms with van der Waals surface area (Å²) in [4.78, 5) is 24.7. The Labute approximate surface area is 115 Å². The van der Waals surface area contributed by atoms with Gasteiger partial charge in [-0.1, -0.05) is 13.3 Å². The fourth-order valence-corrected chi connectivity index (χ4v) is 2.05. The SMILES string of the molecule is CCC(CNC(=O)N(CC1CC1)C(C)C)CC(=O)O. The molecule has 0 aromatic carbocycles. The largest absolute Gasteiger partial charge is 0.481 e. The maximum atomic E-state index is 12.1. The van der Waals surface area contributed by atoms with Gasteiger partial charge in [-0.2, -0.15) is 0 Å². The lowest BCUT2D eigenvalue weighted by molar-refractivity contribution is -0.138. The molecule has 0 aromatic heterocycles. The second-order valence-corrected chi connectivity index (χ2v) is 5.75. The molecule has 1 atom stereocenters. The van der Waals surface area contributed by atoms with E-state index in [0.29, 0.717) is 12.5 Å². The number of urea groups is 1. The molecule has 1 aliphatic carbocycles. The minimum atomic E-state index is -0.806. The zero-order valence-electron chi connectivity index (χ0n) is 12.2. The first kappa shape index (κ1) is 15.8. The monoisotopic (exact) mass is 270 g/mol. The molecule has 1 rings (SSSR count). The molecule has 0 aliphatic heterocycles. The molecule has 5 heteroatoms. The molecule has 5 nitrogen and oxygen atoms in total. The number of aliphatic carboxylic acids is 1. The van der Waals surface area contributed by atoms with Crippen molar-refractivity contribution >= 4 is 12.0 Å². The zero-order valence-corrected chi connectivity index (χ0v) is 12.2. The van der Waals surface area contributed by atoms with Crippen molar-refractivity contribution in [3.63, 3.8) is 0 Å². The molecule has 1 aliphatic rings. The van der Waals surface area contributed by atoms with E-state index in [4.69, 9.17) is 5.11 Å². The topological polar surface area (TPSA) is 69.6 Å². The van der Waals surface area contributed by atoms with Gasteiger partial charge < -0.3 is 15.3 Å². The number of carbonyl (C=O) groups is 2. The maximum Gasteiger partial charge on any atom is 0.317 e. The summed E-state index contributed by atoms with van der Waals surface area (Å²) >= 11 is 0. The van der Waals surface area contributed by atoms with Crippen molar-refractivity contribution < 1.29 is 14.7 Å². The van der Waals surface area contributed by atoms with Crippen LogP contribution in [0.1, 0.15) is 46.5 Å². The van der Waals surface area contributed by atoms with Crippen molar-refractivity contribution in [2.75, 3.05) is 13.1 Å². The van der Waals surface area contributed by atoms with E-state index in [9.17, 15) is 9.59 Å². The van der Waals surface area contributed by atoms with Crippen LogP contribution in [0.2, 0.25) is 0 Å². The first-order valence-electron chi connectivity index (χ1n) is 7.20. The molecule has 0 heterocycles. The van der Waals surface area contributed by atoms with Crippen LogP contribution >= 0.6 is 0 Å². The standard InChI is InChI=1S/C14H26N2O3/c1-4-11(7-13(17)18)8-15-14(19)16(10(2)3)9-12-5-6-12/h10-12H,4-9H2,1-3H3,(H,15,19)(H,17,18). The van der Waals surface area contributed by atoms with E-state index in [1.54, 1.807) is 0 Å². The number of carboxylic acid groups (broad SMARTS) is 1. The molecular formula is C14H26N2O3. The quantitative estimate of drug-likeness (QED) is 0.711. The van der Waals surface area contributed by atoms with Gasteiger partial charge in [0.25, 0.3) is 0 Å². The first-order valence-corrected chi connectivity index (χ1v) is 7.20. The Morgan fingerprint density at radius 2 is 2.00 bits per heavy atom. The molecule has 1 unspecified atom stereocenters. The Morgan fingerprint density at radius 3 is 2.42 bits per heavy atom. The van der Waals surface area contributed by atoms with Crippen LogP contribution in [0.5, 0.6) is 0 Å². The summed E-state index contributed by atoms with van der Waals surface area (Å²) < 4.78 is 0. The summed E-state index contributed by atoms with van der Waals surface area (Å²) in [5.74, 6) is -0.134. The average Bonchev–Trinajstić information content (AvgIpc) is 3.14. The number of amides is 2. The van der Waals surface area contributed by atoms with Crippen molar-refractivity contribution in [3.8, 4) is 0 Å². The lowest BCUT2D eigenvalue weighted by Crippen LogP contribution is -2.46. The third-order valence-corrected chi connectivity index (χ3v) is 3.62. The van der Waals surface area contributed by atoms with Crippen LogP contribution < -0.4 is 5.32 Å². The van der Waals surface area contributed by atoms with Gasteiger partial charge in [0.15, 0.2) is 0 Å². The highest BCUT2D eigenvalue weighted by atomic mass is 16.4. The Hall–Kier alpha value is -1.26. The number of carboxylic acids is 1. The van der Waals surface area contributed by atoms with Crippen LogP contribution in [0.4, 0.5) is 4.79 Å². The lowest BCUT2D eigenvalue weighted by atomic mass is 10.0. The van der Waals surface area contributed by atoms with Crippen LogP contribution in [-0.4, -0.2) is 41.1 Å². The van der Waals surface area contributed by atoms with Gasteiger partial charge in [-0.15, -0.1) is 0 Å². The minimum absolute atomic E-state index is 0.0105. The third-order valence-electron chi connectivity index (χ3n) is 3.62. The second-order valence-electron chi connectivity index (χ2n) is 5.75. The summed E-state index contributed by atoms with van der Waals surface area (Å²) in [6, 6.07) is 0.117. The van der Waals surface area contributed by atoms with E-state index in [1.807, 2.05) is 25.7 Å². The van der Waals surface area contributed by atoms with Gasteiger partial charge in [0, 0.05) is 25.6 Å². The molecule has 110 valence electrons. The number of nitrogens with one attached hydrogen (secondary N) is 1. The van der Waals surface area contributed by atoms with Crippen molar-refractivity contribution in [1.29, 1.82) is 0 Å². The number of hydrogen-bond donors (Lipinski definition) is 2. The predicted molar refractivity (Wildman–Crippen MR) is 74.0 cm³/mol. The van der Waals surface area contributed by atoms with E-state index in [2.05, 4.69) is 5.32 Å². The number of carbonyl (C=O) groups excluding carboxylic acids is 1. The van der Waals surface area contributed by atoms with Crippen LogP contribution in [0.25, 0.3) is 0 Å². The number of rotatable bonds is 8. The van der Waals surface area contributed by atoms with Crippen LogP contribution in [0, 0.1) is 11.8 Å². The van der Waals surface area contributed by atoms with Gasteiger partial charge in [-0.05, 0) is 38.5 Å². The fourth-order valence-electron chi connectivity index (χ4n) is 2.05. The van der Waals surface area contributed by atoms with Crippen LogP contribution in [0.3, 0.4) is 0 Å². The van der Waals surface area contributed by atoms with Gasteiger partial charge in [-0.25, -0.2) is 4.79 Å². The highest BCUT2D eigenvalue weighted by molar-refractivity contribution is 5.74. The lowest BCUT2D eigenvalue weighted by Gasteiger charge is -2.27. The molecule has 1 saturated carbocycles. The predicted octanol–water partition coefficient (Wildman–Crippen LogP) is 2.32. The smallest absolute Gasteiger partial charge is 0.317 e. The molecule has 0 radical (unpaired) electrons. The summed E-state index contributed by atoms with van der Waals surface area (Å²) in [6.45, 7) is 7.23. The molecule has 0 aromatic rings.